The molecule has 0 aliphatic carbocycles. The normalized spacial score (nSPS) is 13.2. The van der Waals surface area contributed by atoms with E-state index in [-0.39, 0.29) is 6.54 Å². The lowest BCUT2D eigenvalue weighted by atomic mass is 10.1. The van der Waals surface area contributed by atoms with Gasteiger partial charge in [-0.15, -0.1) is 0 Å². The van der Waals surface area contributed by atoms with Crippen molar-refractivity contribution in [3.8, 4) is 0 Å². The first-order valence-corrected chi connectivity index (χ1v) is 7.42. The van der Waals surface area contributed by atoms with E-state index in [1.54, 1.807) is 0 Å². The van der Waals surface area contributed by atoms with Gasteiger partial charge in [0.15, 0.2) is 5.96 Å². The maximum absolute atomic E-state index is 10.0. The lowest BCUT2D eigenvalue weighted by molar-refractivity contribution is 0.187. The highest BCUT2D eigenvalue weighted by Gasteiger charge is 2.06. The summed E-state index contributed by atoms with van der Waals surface area (Å²) < 4.78 is 0. The van der Waals surface area contributed by atoms with Gasteiger partial charge in [0.1, 0.15) is 0 Å². The first-order valence-electron chi connectivity index (χ1n) is 7.42. The largest absolute Gasteiger partial charge is 0.386 e. The van der Waals surface area contributed by atoms with Crippen molar-refractivity contribution >= 4 is 5.96 Å². The molecule has 112 valence electrons. The topological polar surface area (TPSA) is 70.6 Å². The van der Waals surface area contributed by atoms with Crippen LogP contribution in [0.1, 0.15) is 49.8 Å². The number of benzene rings is 1. The zero-order valence-electron chi connectivity index (χ0n) is 12.6. The Labute approximate surface area is 122 Å². The highest BCUT2D eigenvalue weighted by atomic mass is 16.3. The highest BCUT2D eigenvalue weighted by molar-refractivity contribution is 5.77. The maximum Gasteiger partial charge on any atom is 0.188 e. The standard InChI is InChI=1S/C16H27N3O/c1-3-4-5-6-10-18-16(17)19-12-15(20)14-9-7-8-13(2)11-14/h7-9,11,15,20H,3-6,10,12H2,1-2H3,(H3,17,18,19). The van der Waals surface area contributed by atoms with Gasteiger partial charge in [-0.2, -0.15) is 0 Å². The van der Waals surface area contributed by atoms with Crippen LogP contribution in [0, 0.1) is 6.92 Å². The minimum Gasteiger partial charge on any atom is -0.386 e. The van der Waals surface area contributed by atoms with Crippen LogP contribution < -0.4 is 11.1 Å². The van der Waals surface area contributed by atoms with Crippen molar-refractivity contribution in [3.05, 3.63) is 35.4 Å². The van der Waals surface area contributed by atoms with Gasteiger partial charge in [-0.25, -0.2) is 0 Å². The van der Waals surface area contributed by atoms with Crippen LogP contribution >= 0.6 is 0 Å². The predicted molar refractivity (Wildman–Crippen MR) is 84.8 cm³/mol. The Morgan fingerprint density at radius 2 is 2.15 bits per heavy atom. The first-order chi connectivity index (χ1) is 9.63. The fraction of sp³-hybridized carbons (Fsp3) is 0.562. The third-order valence-electron chi connectivity index (χ3n) is 3.20. The van der Waals surface area contributed by atoms with Crippen molar-refractivity contribution in [3.63, 3.8) is 0 Å². The van der Waals surface area contributed by atoms with Crippen LogP contribution in [0.5, 0.6) is 0 Å². The quantitative estimate of drug-likeness (QED) is 0.388. The smallest absolute Gasteiger partial charge is 0.188 e. The lowest BCUT2D eigenvalue weighted by Crippen LogP contribution is -2.32. The molecule has 4 heteroatoms. The number of nitrogens with two attached hydrogens (primary N) is 1. The molecule has 1 unspecified atom stereocenters. The van der Waals surface area contributed by atoms with Crippen LogP contribution in [0.25, 0.3) is 0 Å². The second-order valence-corrected chi connectivity index (χ2v) is 5.14. The Morgan fingerprint density at radius 1 is 1.35 bits per heavy atom. The molecule has 0 bridgehead atoms. The Hall–Kier alpha value is -1.55. The zero-order chi connectivity index (χ0) is 14.8. The van der Waals surface area contributed by atoms with E-state index in [1.807, 2.05) is 31.2 Å². The van der Waals surface area contributed by atoms with Gasteiger partial charge in [-0.05, 0) is 18.9 Å². The SMILES string of the molecule is CCCCCCNC(N)=NCC(O)c1cccc(C)c1. The van der Waals surface area contributed by atoms with Gasteiger partial charge in [0.25, 0.3) is 0 Å². The van der Waals surface area contributed by atoms with E-state index in [2.05, 4.69) is 17.2 Å². The van der Waals surface area contributed by atoms with E-state index in [4.69, 9.17) is 5.73 Å². The molecule has 0 aliphatic rings. The van der Waals surface area contributed by atoms with Crippen LogP contribution in [-0.4, -0.2) is 24.2 Å². The molecule has 0 saturated heterocycles. The molecule has 0 spiro atoms. The maximum atomic E-state index is 10.0. The fourth-order valence-corrected chi connectivity index (χ4v) is 1.99. The summed E-state index contributed by atoms with van der Waals surface area (Å²) in [5.74, 6) is 0.410. The van der Waals surface area contributed by atoms with Gasteiger partial charge >= 0.3 is 0 Å². The molecule has 4 nitrogen and oxygen atoms in total. The van der Waals surface area contributed by atoms with Crippen LogP contribution in [0.3, 0.4) is 0 Å². The molecule has 0 saturated carbocycles. The van der Waals surface area contributed by atoms with E-state index in [1.165, 1.54) is 19.3 Å². The van der Waals surface area contributed by atoms with E-state index < -0.39 is 6.10 Å². The number of rotatable bonds is 8. The number of hydrogen-bond acceptors (Lipinski definition) is 2. The monoisotopic (exact) mass is 277 g/mol. The number of nitrogens with zero attached hydrogens (tertiary/aromatic N) is 1. The summed E-state index contributed by atoms with van der Waals surface area (Å²) in [6.45, 7) is 5.33. The Morgan fingerprint density at radius 3 is 2.85 bits per heavy atom. The molecule has 0 fully saturated rings. The molecule has 0 amide bonds. The number of aliphatic imine (C=N–C) groups is 1. The molecule has 1 atom stereocenters. The van der Waals surface area contributed by atoms with Crippen molar-refractivity contribution in [2.75, 3.05) is 13.1 Å². The van der Waals surface area contributed by atoms with Crippen LogP contribution in [0.2, 0.25) is 0 Å². The van der Waals surface area contributed by atoms with Gasteiger partial charge in [0.2, 0.25) is 0 Å². The number of guanidine groups is 1. The Bertz CT molecular complexity index is 418. The molecule has 1 aromatic carbocycles. The molecule has 4 N–H and O–H groups in total. The summed E-state index contributed by atoms with van der Waals surface area (Å²) in [6, 6.07) is 7.81. The molecule has 0 aliphatic heterocycles. The average molecular weight is 277 g/mol. The number of unbranched alkanes of at least 4 members (excludes halogenated alkanes) is 3. The van der Waals surface area contributed by atoms with Gasteiger partial charge in [0, 0.05) is 6.54 Å². The zero-order valence-corrected chi connectivity index (χ0v) is 12.6. The molecule has 0 aromatic heterocycles. The summed E-state index contributed by atoms with van der Waals surface area (Å²) in [5.41, 5.74) is 7.78. The number of nitrogens with one attached hydrogen (secondary N) is 1. The number of hydrogen-bond donors (Lipinski definition) is 3. The molecule has 0 heterocycles. The van der Waals surface area contributed by atoms with Crippen molar-refractivity contribution in [1.82, 2.24) is 5.32 Å². The summed E-state index contributed by atoms with van der Waals surface area (Å²) >= 11 is 0. The fourth-order valence-electron chi connectivity index (χ4n) is 1.99. The summed E-state index contributed by atoms with van der Waals surface area (Å²) in [5, 5.41) is 13.1. The third kappa shape index (κ3) is 6.57. The van der Waals surface area contributed by atoms with Gasteiger partial charge in [-0.3, -0.25) is 4.99 Å². The number of aliphatic hydroxyl groups is 1. The molecular formula is C16H27N3O. The molecule has 0 radical (unpaired) electrons. The van der Waals surface area contributed by atoms with Gasteiger partial charge in [-0.1, -0.05) is 56.0 Å². The summed E-state index contributed by atoms with van der Waals surface area (Å²) in [7, 11) is 0. The Kier molecular flexibility index (Phi) is 7.73. The van der Waals surface area contributed by atoms with Gasteiger partial charge in [0.05, 0.1) is 12.6 Å². The highest BCUT2D eigenvalue weighted by Crippen LogP contribution is 2.14. The van der Waals surface area contributed by atoms with Crippen molar-refractivity contribution in [1.29, 1.82) is 0 Å². The lowest BCUT2D eigenvalue weighted by Gasteiger charge is -2.10. The second kappa shape index (κ2) is 9.37. The van der Waals surface area contributed by atoms with Crippen molar-refractivity contribution in [2.45, 2.75) is 45.6 Å². The van der Waals surface area contributed by atoms with Gasteiger partial charge < -0.3 is 16.2 Å². The average Bonchev–Trinajstić information content (AvgIpc) is 2.44. The van der Waals surface area contributed by atoms with Crippen LogP contribution in [0.4, 0.5) is 0 Å². The van der Waals surface area contributed by atoms with Crippen LogP contribution in [0.15, 0.2) is 29.3 Å². The summed E-state index contributed by atoms with van der Waals surface area (Å²) in [6.07, 6.45) is 4.19. The second-order valence-electron chi connectivity index (χ2n) is 5.14. The predicted octanol–water partition coefficient (Wildman–Crippen LogP) is 2.51. The summed E-state index contributed by atoms with van der Waals surface area (Å²) in [4.78, 5) is 4.18. The van der Waals surface area contributed by atoms with E-state index in [9.17, 15) is 5.11 Å². The number of aryl methyl sites for hydroxylation is 1. The molecule has 1 aromatic rings. The van der Waals surface area contributed by atoms with E-state index in [0.717, 1.165) is 24.1 Å². The third-order valence-corrected chi connectivity index (χ3v) is 3.20. The minimum absolute atomic E-state index is 0.289. The molecule has 20 heavy (non-hydrogen) atoms. The first kappa shape index (κ1) is 16.5. The molecule has 1 rings (SSSR count). The Balaban J connectivity index is 2.31. The number of aliphatic hydroxyl groups excluding tert-OH is 1. The minimum atomic E-state index is -0.602. The van der Waals surface area contributed by atoms with Crippen LogP contribution in [-0.2, 0) is 0 Å². The van der Waals surface area contributed by atoms with Crippen molar-refractivity contribution < 1.29 is 5.11 Å². The van der Waals surface area contributed by atoms with Crippen molar-refractivity contribution in [2.24, 2.45) is 10.7 Å². The van der Waals surface area contributed by atoms with E-state index in [0.29, 0.717) is 5.96 Å². The molecular weight excluding hydrogens is 250 g/mol. The van der Waals surface area contributed by atoms with E-state index >= 15 is 0 Å².